The molecular formula is C16H8F4N4O2. The van der Waals surface area contributed by atoms with Gasteiger partial charge in [0.25, 0.3) is 5.89 Å². The summed E-state index contributed by atoms with van der Waals surface area (Å²) in [6.45, 7) is 0. The third-order valence-electron chi connectivity index (χ3n) is 3.17. The van der Waals surface area contributed by atoms with Gasteiger partial charge in [-0.15, -0.1) is 13.2 Å². The summed E-state index contributed by atoms with van der Waals surface area (Å²) in [5.41, 5.74) is 0.502. The minimum Gasteiger partial charge on any atom is -0.406 e. The molecule has 0 aromatic carbocycles. The van der Waals surface area contributed by atoms with Crippen molar-refractivity contribution in [1.82, 2.24) is 15.1 Å². The maximum Gasteiger partial charge on any atom is 0.573 e. The van der Waals surface area contributed by atoms with E-state index in [9.17, 15) is 17.6 Å². The van der Waals surface area contributed by atoms with Gasteiger partial charge >= 0.3 is 6.36 Å². The van der Waals surface area contributed by atoms with E-state index in [2.05, 4.69) is 19.9 Å². The topological polar surface area (TPSA) is 84.8 Å². The predicted molar refractivity (Wildman–Crippen MR) is 79.0 cm³/mol. The second-order valence-electron chi connectivity index (χ2n) is 5.02. The van der Waals surface area contributed by atoms with Crippen LogP contribution in [-0.2, 0) is 4.74 Å². The van der Waals surface area contributed by atoms with E-state index in [0.29, 0.717) is 5.57 Å². The fourth-order valence-electron chi connectivity index (χ4n) is 2.10. The molecule has 0 spiro atoms. The highest BCUT2D eigenvalue weighted by Crippen LogP contribution is 2.28. The summed E-state index contributed by atoms with van der Waals surface area (Å²) in [6.07, 6.45) is -0.483. The zero-order chi connectivity index (χ0) is 18.7. The Morgan fingerprint density at radius 2 is 2.04 bits per heavy atom. The van der Waals surface area contributed by atoms with Crippen molar-refractivity contribution in [2.75, 3.05) is 0 Å². The van der Waals surface area contributed by atoms with Crippen molar-refractivity contribution >= 4 is 5.57 Å². The maximum atomic E-state index is 12.9. The van der Waals surface area contributed by atoms with E-state index in [1.807, 2.05) is 0 Å². The summed E-state index contributed by atoms with van der Waals surface area (Å²) in [5.74, 6) is -0.976. The van der Waals surface area contributed by atoms with Crippen LogP contribution in [0, 0.1) is 17.1 Å². The average Bonchev–Trinajstić information content (AvgIpc) is 2.97. The minimum absolute atomic E-state index is 0.00313. The Kier molecular flexibility index (Phi) is 4.53. The van der Waals surface area contributed by atoms with Gasteiger partial charge in [-0.05, 0) is 36.8 Å². The number of ether oxygens (including phenoxy) is 1. The molecule has 0 saturated carbocycles. The zero-order valence-electron chi connectivity index (χ0n) is 12.8. The van der Waals surface area contributed by atoms with Gasteiger partial charge < -0.3 is 9.26 Å². The fraction of sp³-hybridized carbons (Fsp3) is 0.125. The molecule has 1 aliphatic rings. The third kappa shape index (κ3) is 4.13. The number of hydrogen-bond acceptors (Lipinski definition) is 6. The van der Waals surface area contributed by atoms with E-state index < -0.39 is 17.9 Å². The van der Waals surface area contributed by atoms with Crippen molar-refractivity contribution in [3.05, 3.63) is 59.5 Å². The van der Waals surface area contributed by atoms with E-state index in [0.717, 1.165) is 24.4 Å². The number of alkyl halides is 3. The summed E-state index contributed by atoms with van der Waals surface area (Å²) >= 11 is 0. The quantitative estimate of drug-likeness (QED) is 0.768. The Balaban J connectivity index is 1.88. The van der Waals surface area contributed by atoms with E-state index in [-0.39, 0.29) is 29.4 Å². The van der Waals surface area contributed by atoms with Crippen molar-refractivity contribution in [3.63, 3.8) is 0 Å². The Labute approximate surface area is 143 Å². The normalized spacial score (nSPS) is 14.7. The highest BCUT2D eigenvalue weighted by atomic mass is 19.4. The van der Waals surface area contributed by atoms with Crippen LogP contribution in [-0.4, -0.2) is 21.5 Å². The molecule has 6 nitrogen and oxygen atoms in total. The lowest BCUT2D eigenvalue weighted by Crippen LogP contribution is -2.12. The summed E-state index contributed by atoms with van der Waals surface area (Å²) in [7, 11) is 0. The maximum absolute atomic E-state index is 12.9. The molecule has 1 aliphatic carbocycles. The molecule has 0 unspecified atom stereocenters. The first-order valence-corrected chi connectivity index (χ1v) is 7.08. The molecule has 3 rings (SSSR count). The van der Waals surface area contributed by atoms with Gasteiger partial charge in [0, 0.05) is 5.57 Å². The molecule has 132 valence electrons. The molecule has 2 aromatic heterocycles. The monoisotopic (exact) mass is 364 g/mol. The highest BCUT2D eigenvalue weighted by molar-refractivity contribution is 5.68. The molecular weight excluding hydrogens is 356 g/mol. The van der Waals surface area contributed by atoms with Crippen LogP contribution in [0.2, 0.25) is 0 Å². The molecule has 10 heteroatoms. The van der Waals surface area contributed by atoms with Crippen molar-refractivity contribution in [1.29, 1.82) is 5.26 Å². The van der Waals surface area contributed by atoms with Gasteiger partial charge in [0.2, 0.25) is 0 Å². The molecule has 0 amide bonds. The third-order valence-corrected chi connectivity index (χ3v) is 3.17. The van der Waals surface area contributed by atoms with Gasteiger partial charge in [-0.25, -0.2) is 9.37 Å². The van der Waals surface area contributed by atoms with Crippen LogP contribution in [0.4, 0.5) is 17.6 Å². The van der Waals surface area contributed by atoms with Gasteiger partial charge in [0.05, 0.1) is 17.8 Å². The summed E-state index contributed by atoms with van der Waals surface area (Å²) < 4.78 is 58.9. The number of hydrogen-bond donors (Lipinski definition) is 0. The molecule has 26 heavy (non-hydrogen) atoms. The van der Waals surface area contributed by atoms with Crippen molar-refractivity contribution < 1.29 is 26.8 Å². The molecule has 2 heterocycles. The van der Waals surface area contributed by atoms with Crippen molar-refractivity contribution in [2.45, 2.75) is 12.8 Å². The Morgan fingerprint density at radius 3 is 2.69 bits per heavy atom. The predicted octanol–water partition coefficient (Wildman–Crippen LogP) is 3.93. The van der Waals surface area contributed by atoms with Crippen molar-refractivity contribution in [3.8, 4) is 17.7 Å². The number of pyridine rings is 1. The second kappa shape index (κ2) is 6.79. The van der Waals surface area contributed by atoms with E-state index in [1.54, 1.807) is 6.07 Å². The Morgan fingerprint density at radius 1 is 1.23 bits per heavy atom. The largest absolute Gasteiger partial charge is 0.573 e. The molecule has 0 radical (unpaired) electrons. The summed E-state index contributed by atoms with van der Waals surface area (Å²) in [4.78, 5) is 7.88. The Hall–Kier alpha value is -3.48. The molecule has 0 aliphatic heterocycles. The molecule has 0 fully saturated rings. The summed E-state index contributed by atoms with van der Waals surface area (Å²) in [6, 6.07) is 4.26. The SMILES string of the molecule is N#CC1=CC(OC(F)(F)F)=CCC(c2noc(-c3ccc(F)cn3)n2)=C1. The van der Waals surface area contributed by atoms with E-state index in [1.165, 1.54) is 12.1 Å². The standard InChI is InChI=1S/C16H8F4N4O2/c17-11-2-4-13(22-8-11)15-23-14(24-26-15)10-1-3-12(25-16(18,19)20)6-9(5-10)7-21/h2-6,8H,1H2. The van der Waals surface area contributed by atoms with E-state index in [4.69, 9.17) is 9.78 Å². The van der Waals surface area contributed by atoms with Crippen molar-refractivity contribution in [2.24, 2.45) is 0 Å². The first-order chi connectivity index (χ1) is 12.3. The fourth-order valence-corrected chi connectivity index (χ4v) is 2.10. The van der Waals surface area contributed by atoms with Crippen LogP contribution in [0.1, 0.15) is 12.2 Å². The number of rotatable bonds is 3. The lowest BCUT2D eigenvalue weighted by molar-refractivity contribution is -0.303. The van der Waals surface area contributed by atoms with Crippen LogP contribution in [0.15, 0.2) is 52.4 Å². The zero-order valence-corrected chi connectivity index (χ0v) is 12.8. The molecule has 0 bridgehead atoms. The molecule has 0 saturated heterocycles. The average molecular weight is 364 g/mol. The number of allylic oxidation sites excluding steroid dienone is 5. The van der Waals surface area contributed by atoms with Crippen LogP contribution >= 0.6 is 0 Å². The number of nitriles is 1. The number of halogens is 4. The lowest BCUT2D eigenvalue weighted by atomic mass is 10.1. The van der Waals surface area contributed by atoms with Crippen LogP contribution in [0.3, 0.4) is 0 Å². The van der Waals surface area contributed by atoms with Gasteiger partial charge in [0.15, 0.2) is 5.82 Å². The van der Waals surface area contributed by atoms with Gasteiger partial charge in [-0.3, -0.25) is 0 Å². The van der Waals surface area contributed by atoms with Gasteiger partial charge in [-0.1, -0.05) is 5.16 Å². The Bertz CT molecular complexity index is 950. The molecule has 0 N–H and O–H groups in total. The van der Waals surface area contributed by atoms with Gasteiger partial charge in [-0.2, -0.15) is 10.2 Å². The smallest absolute Gasteiger partial charge is 0.406 e. The molecule has 0 atom stereocenters. The van der Waals surface area contributed by atoms with Gasteiger partial charge in [0.1, 0.15) is 17.3 Å². The first kappa shape index (κ1) is 17.3. The number of nitrogens with zero attached hydrogens (tertiary/aromatic N) is 4. The van der Waals surface area contributed by atoms with Crippen LogP contribution in [0.5, 0.6) is 0 Å². The number of aromatic nitrogens is 3. The van der Waals surface area contributed by atoms with Crippen LogP contribution in [0.25, 0.3) is 17.2 Å². The van der Waals surface area contributed by atoms with Crippen LogP contribution < -0.4 is 0 Å². The highest BCUT2D eigenvalue weighted by Gasteiger charge is 2.32. The second-order valence-corrected chi connectivity index (χ2v) is 5.02. The van der Waals surface area contributed by atoms with E-state index >= 15 is 0 Å². The summed E-state index contributed by atoms with van der Waals surface area (Å²) in [5, 5.41) is 12.8. The lowest BCUT2D eigenvalue weighted by Gasteiger charge is -2.08. The molecule has 2 aromatic rings. The minimum atomic E-state index is -4.87. The first-order valence-electron chi connectivity index (χ1n) is 7.08.